The molecule has 0 saturated carbocycles. The second kappa shape index (κ2) is 6.12. The molecular weight excluding hydrogens is 233 g/mol. The average Bonchev–Trinajstić information content (AvgIpc) is 2.38. The molecule has 1 aromatic rings. The maximum Gasteiger partial charge on any atom is 0.241 e. The Morgan fingerprint density at radius 2 is 2.28 bits per heavy atom. The van der Waals surface area contributed by atoms with Gasteiger partial charge in [-0.3, -0.25) is 4.79 Å². The van der Waals surface area contributed by atoms with Crippen LogP contribution < -0.4 is 11.1 Å². The van der Waals surface area contributed by atoms with E-state index in [1.807, 2.05) is 13.8 Å². The summed E-state index contributed by atoms with van der Waals surface area (Å²) < 4.78 is 13.1. The van der Waals surface area contributed by atoms with E-state index in [1.165, 1.54) is 12.1 Å². The molecule has 3 N–H and O–H groups in total. The number of carbonyl (C=O) groups excluding carboxylic acids is 1. The van der Waals surface area contributed by atoms with Crippen molar-refractivity contribution in [3.05, 3.63) is 29.6 Å². The van der Waals surface area contributed by atoms with Crippen LogP contribution in [0, 0.1) is 23.1 Å². The van der Waals surface area contributed by atoms with Crippen molar-refractivity contribution in [1.29, 1.82) is 5.26 Å². The van der Waals surface area contributed by atoms with Gasteiger partial charge >= 0.3 is 0 Å². The van der Waals surface area contributed by atoms with Crippen LogP contribution in [0.4, 0.5) is 10.1 Å². The van der Waals surface area contributed by atoms with E-state index in [9.17, 15) is 9.18 Å². The number of hydrogen-bond donors (Lipinski definition) is 2. The quantitative estimate of drug-likeness (QED) is 0.856. The van der Waals surface area contributed by atoms with Gasteiger partial charge in [-0.15, -0.1) is 0 Å². The molecule has 0 aliphatic heterocycles. The molecule has 0 saturated heterocycles. The highest BCUT2D eigenvalue weighted by Gasteiger charge is 2.19. The molecule has 5 heteroatoms. The number of anilines is 1. The molecule has 0 aliphatic rings. The highest BCUT2D eigenvalue weighted by Crippen LogP contribution is 2.15. The monoisotopic (exact) mass is 249 g/mol. The molecule has 0 spiro atoms. The first-order valence-electron chi connectivity index (χ1n) is 5.75. The Hall–Kier alpha value is -1.93. The summed E-state index contributed by atoms with van der Waals surface area (Å²) in [5, 5.41) is 11.3. The summed E-state index contributed by atoms with van der Waals surface area (Å²) in [6.07, 6.45) is 0.793. The zero-order chi connectivity index (χ0) is 13.7. The summed E-state index contributed by atoms with van der Waals surface area (Å²) in [5.74, 6) is -0.887. The van der Waals surface area contributed by atoms with Gasteiger partial charge in [-0.25, -0.2) is 4.39 Å². The number of carbonyl (C=O) groups is 1. The van der Waals surface area contributed by atoms with Gasteiger partial charge in [-0.05, 0) is 24.1 Å². The topological polar surface area (TPSA) is 78.9 Å². The lowest BCUT2D eigenvalue weighted by Crippen LogP contribution is -2.40. The van der Waals surface area contributed by atoms with Gasteiger partial charge in [-0.2, -0.15) is 5.26 Å². The Morgan fingerprint density at radius 1 is 1.61 bits per heavy atom. The smallest absolute Gasteiger partial charge is 0.241 e. The molecule has 0 aromatic heterocycles. The normalized spacial score (nSPS) is 13.5. The van der Waals surface area contributed by atoms with Gasteiger partial charge in [0.25, 0.3) is 0 Å². The average molecular weight is 249 g/mol. The van der Waals surface area contributed by atoms with E-state index >= 15 is 0 Å². The fourth-order valence-electron chi connectivity index (χ4n) is 1.43. The van der Waals surface area contributed by atoms with Gasteiger partial charge in [0.15, 0.2) is 0 Å². The number of nitrogens with one attached hydrogen (secondary N) is 1. The molecule has 1 aromatic carbocycles. The van der Waals surface area contributed by atoms with E-state index in [0.717, 1.165) is 12.5 Å². The Bertz CT molecular complexity index is 482. The number of nitrogens with two attached hydrogens (primary N) is 1. The predicted octanol–water partition coefficient (Wildman–Crippen LogP) is 2.01. The van der Waals surface area contributed by atoms with Crippen LogP contribution in [0.5, 0.6) is 0 Å². The van der Waals surface area contributed by atoms with Gasteiger partial charge in [0.1, 0.15) is 11.9 Å². The first kappa shape index (κ1) is 14.1. The number of nitrogens with zero attached hydrogens (tertiary/aromatic N) is 1. The minimum absolute atomic E-state index is 0.0564. The Morgan fingerprint density at radius 3 is 2.83 bits per heavy atom. The lowest BCUT2D eigenvalue weighted by Gasteiger charge is -2.17. The van der Waals surface area contributed by atoms with Crippen molar-refractivity contribution in [2.75, 3.05) is 5.32 Å². The molecule has 18 heavy (non-hydrogen) atoms. The molecule has 4 nitrogen and oxygen atoms in total. The second-order valence-corrected chi connectivity index (χ2v) is 4.21. The second-order valence-electron chi connectivity index (χ2n) is 4.21. The molecular formula is C13H16FN3O. The maximum atomic E-state index is 13.1. The molecule has 0 bridgehead atoms. The first-order chi connectivity index (χ1) is 8.49. The minimum atomic E-state index is -0.620. The van der Waals surface area contributed by atoms with Gasteiger partial charge in [0.05, 0.1) is 11.6 Å². The number of rotatable bonds is 4. The van der Waals surface area contributed by atoms with E-state index in [2.05, 4.69) is 5.32 Å². The molecule has 0 fully saturated rings. The van der Waals surface area contributed by atoms with Crippen molar-refractivity contribution in [3.63, 3.8) is 0 Å². The lowest BCUT2D eigenvalue weighted by atomic mass is 9.99. The van der Waals surface area contributed by atoms with Crippen molar-refractivity contribution in [2.24, 2.45) is 11.7 Å². The molecule has 1 rings (SSSR count). The Kier molecular flexibility index (Phi) is 4.81. The van der Waals surface area contributed by atoms with Crippen molar-refractivity contribution in [2.45, 2.75) is 26.3 Å². The van der Waals surface area contributed by atoms with Crippen molar-refractivity contribution >= 4 is 11.6 Å². The van der Waals surface area contributed by atoms with E-state index < -0.39 is 11.9 Å². The predicted molar refractivity (Wildman–Crippen MR) is 67.2 cm³/mol. The summed E-state index contributed by atoms with van der Waals surface area (Å²) in [6.45, 7) is 3.83. The highest BCUT2D eigenvalue weighted by atomic mass is 19.1. The lowest BCUT2D eigenvalue weighted by molar-refractivity contribution is -0.118. The van der Waals surface area contributed by atoms with Crippen LogP contribution in [0.3, 0.4) is 0 Å². The number of nitriles is 1. The largest absolute Gasteiger partial charge is 0.325 e. The van der Waals surface area contributed by atoms with Gasteiger partial charge in [-0.1, -0.05) is 20.3 Å². The summed E-state index contributed by atoms with van der Waals surface area (Å²) >= 11 is 0. The fraction of sp³-hybridized carbons (Fsp3) is 0.385. The summed E-state index contributed by atoms with van der Waals surface area (Å²) in [5.41, 5.74) is 6.03. The molecule has 2 atom stereocenters. The number of hydrogen-bond acceptors (Lipinski definition) is 3. The van der Waals surface area contributed by atoms with Gasteiger partial charge in [0.2, 0.25) is 5.91 Å². The molecule has 0 heterocycles. The van der Waals surface area contributed by atoms with Crippen LogP contribution in [0.1, 0.15) is 25.8 Å². The Labute approximate surface area is 106 Å². The molecule has 0 radical (unpaired) electrons. The van der Waals surface area contributed by atoms with E-state index in [0.29, 0.717) is 5.69 Å². The molecule has 96 valence electrons. The van der Waals surface area contributed by atoms with Crippen LogP contribution in [0.2, 0.25) is 0 Å². The van der Waals surface area contributed by atoms with Crippen molar-refractivity contribution in [3.8, 4) is 6.07 Å². The maximum absolute atomic E-state index is 13.1. The molecule has 0 aliphatic carbocycles. The van der Waals surface area contributed by atoms with E-state index in [-0.39, 0.29) is 17.4 Å². The van der Waals surface area contributed by atoms with Crippen LogP contribution in [0.25, 0.3) is 0 Å². The summed E-state index contributed by atoms with van der Waals surface area (Å²) in [4.78, 5) is 11.8. The third-order valence-corrected chi connectivity index (χ3v) is 2.91. The van der Waals surface area contributed by atoms with Crippen LogP contribution in [-0.2, 0) is 4.79 Å². The van der Waals surface area contributed by atoms with Gasteiger partial charge in [0, 0.05) is 5.69 Å². The zero-order valence-corrected chi connectivity index (χ0v) is 10.4. The highest BCUT2D eigenvalue weighted by molar-refractivity contribution is 5.95. The number of amides is 1. The van der Waals surface area contributed by atoms with Crippen LogP contribution in [0.15, 0.2) is 18.2 Å². The summed E-state index contributed by atoms with van der Waals surface area (Å²) in [7, 11) is 0. The van der Waals surface area contributed by atoms with Crippen LogP contribution in [-0.4, -0.2) is 11.9 Å². The molecule has 1 amide bonds. The van der Waals surface area contributed by atoms with E-state index in [1.54, 1.807) is 6.07 Å². The zero-order valence-electron chi connectivity index (χ0n) is 10.4. The SMILES string of the molecule is CC[C@H](C)[C@H](N)C(=O)Nc1ccc(F)c(C#N)c1. The molecule has 0 unspecified atom stereocenters. The van der Waals surface area contributed by atoms with E-state index in [4.69, 9.17) is 11.0 Å². The number of halogens is 1. The fourth-order valence-corrected chi connectivity index (χ4v) is 1.43. The van der Waals surface area contributed by atoms with Crippen LogP contribution >= 0.6 is 0 Å². The van der Waals surface area contributed by atoms with Crippen molar-refractivity contribution in [1.82, 2.24) is 0 Å². The number of benzene rings is 1. The van der Waals surface area contributed by atoms with Gasteiger partial charge < -0.3 is 11.1 Å². The third-order valence-electron chi connectivity index (χ3n) is 2.91. The minimum Gasteiger partial charge on any atom is -0.325 e. The Balaban J connectivity index is 2.80. The third kappa shape index (κ3) is 3.28. The van der Waals surface area contributed by atoms with Crippen molar-refractivity contribution < 1.29 is 9.18 Å². The standard InChI is InChI=1S/C13H16FN3O/c1-3-8(2)12(16)13(18)17-10-4-5-11(14)9(6-10)7-15/h4-6,8,12H,3,16H2,1-2H3,(H,17,18)/t8-,12-/m0/s1. The summed E-state index contributed by atoms with van der Waals surface area (Å²) in [6, 6.07) is 4.92. The first-order valence-corrected chi connectivity index (χ1v) is 5.75.